The number of hydrogen-bond acceptors (Lipinski definition) is 2. The first-order valence-electron chi connectivity index (χ1n) is 5.85. The number of para-hydroxylation sites is 2. The molecule has 0 spiro atoms. The summed E-state index contributed by atoms with van der Waals surface area (Å²) in [5.41, 5.74) is 2.70. The average Bonchev–Trinajstić information content (AvgIpc) is 2.35. The maximum Gasteiger partial charge on any atom is 0.228 e. The molecule has 0 aromatic heterocycles. The van der Waals surface area contributed by atoms with Crippen molar-refractivity contribution in [3.63, 3.8) is 0 Å². The molecule has 0 saturated heterocycles. The summed E-state index contributed by atoms with van der Waals surface area (Å²) in [5.74, 6) is 1.42. The monoisotopic (exact) mass is 239 g/mol. The number of amides is 1. The number of nitrogens with zero attached hydrogens (tertiary/aromatic N) is 1. The second-order valence-corrected chi connectivity index (χ2v) is 4.40. The van der Waals surface area contributed by atoms with Crippen LogP contribution in [0.4, 0.5) is 11.4 Å². The Morgan fingerprint density at radius 3 is 2.56 bits per heavy atom. The van der Waals surface area contributed by atoms with E-state index in [4.69, 9.17) is 4.74 Å². The Morgan fingerprint density at radius 1 is 1.06 bits per heavy atom. The topological polar surface area (TPSA) is 29.5 Å². The molecule has 0 radical (unpaired) electrons. The molecule has 0 aliphatic carbocycles. The minimum absolute atomic E-state index is 0.0177. The number of carbonyl (C=O) groups is 1. The zero-order chi connectivity index (χ0) is 12.7. The minimum Gasteiger partial charge on any atom is -0.453 e. The molecule has 1 amide bonds. The molecule has 1 aliphatic rings. The van der Waals surface area contributed by atoms with Crippen LogP contribution < -0.4 is 9.64 Å². The molecule has 0 bridgehead atoms. The first kappa shape index (κ1) is 10.8. The zero-order valence-corrected chi connectivity index (χ0v) is 10.3. The molecule has 1 aliphatic heterocycles. The van der Waals surface area contributed by atoms with E-state index in [1.165, 1.54) is 0 Å². The highest BCUT2D eigenvalue weighted by Crippen LogP contribution is 2.46. The van der Waals surface area contributed by atoms with Crippen molar-refractivity contribution in [3.8, 4) is 11.5 Å². The summed E-state index contributed by atoms with van der Waals surface area (Å²) in [7, 11) is 0. The molecule has 1 heterocycles. The smallest absolute Gasteiger partial charge is 0.228 e. The Morgan fingerprint density at radius 2 is 1.78 bits per heavy atom. The molecule has 0 unspecified atom stereocenters. The highest BCUT2D eigenvalue weighted by molar-refractivity contribution is 6.03. The number of hydrogen-bond donors (Lipinski definition) is 0. The molecule has 90 valence electrons. The highest BCUT2D eigenvalue weighted by Gasteiger charge is 2.26. The van der Waals surface area contributed by atoms with Crippen LogP contribution >= 0.6 is 0 Å². The van der Waals surface area contributed by atoms with Crippen LogP contribution in [0.5, 0.6) is 11.5 Å². The van der Waals surface area contributed by atoms with E-state index in [0.717, 1.165) is 22.7 Å². The van der Waals surface area contributed by atoms with Gasteiger partial charge >= 0.3 is 0 Å². The Kier molecular flexibility index (Phi) is 2.33. The zero-order valence-electron chi connectivity index (χ0n) is 10.3. The molecular formula is C15H13NO2. The highest BCUT2D eigenvalue weighted by atomic mass is 16.5. The van der Waals surface area contributed by atoms with Crippen molar-refractivity contribution in [2.45, 2.75) is 13.8 Å². The lowest BCUT2D eigenvalue weighted by Gasteiger charge is -2.30. The Bertz CT molecular complexity index is 634. The molecule has 3 rings (SSSR count). The van der Waals surface area contributed by atoms with Crippen LogP contribution in [0.3, 0.4) is 0 Å². The first-order chi connectivity index (χ1) is 8.66. The van der Waals surface area contributed by atoms with Crippen LogP contribution in [0, 0.1) is 6.92 Å². The molecule has 2 aromatic carbocycles. The summed E-state index contributed by atoms with van der Waals surface area (Å²) in [4.78, 5) is 13.6. The van der Waals surface area contributed by atoms with Crippen molar-refractivity contribution in [2.24, 2.45) is 0 Å². The maximum absolute atomic E-state index is 11.9. The fourth-order valence-electron chi connectivity index (χ4n) is 2.20. The second-order valence-electron chi connectivity index (χ2n) is 4.40. The van der Waals surface area contributed by atoms with Crippen LogP contribution in [0.25, 0.3) is 0 Å². The Hall–Kier alpha value is -2.29. The lowest BCUT2D eigenvalue weighted by molar-refractivity contribution is -0.115. The van der Waals surface area contributed by atoms with Gasteiger partial charge in [-0.15, -0.1) is 0 Å². The van der Waals surface area contributed by atoms with Gasteiger partial charge in [-0.3, -0.25) is 9.69 Å². The predicted octanol–water partition coefficient (Wildman–Crippen LogP) is 3.79. The molecule has 0 fully saturated rings. The number of benzene rings is 2. The van der Waals surface area contributed by atoms with E-state index in [0.29, 0.717) is 5.75 Å². The Labute approximate surface area is 106 Å². The maximum atomic E-state index is 11.9. The van der Waals surface area contributed by atoms with Crippen molar-refractivity contribution in [2.75, 3.05) is 4.90 Å². The summed E-state index contributed by atoms with van der Waals surface area (Å²) in [6, 6.07) is 13.4. The standard InChI is InChI=1S/C15H13NO2/c1-10-7-8-13-15(9-10)18-14-6-4-3-5-12(14)16(13)11(2)17/h3-9H,1-2H3. The largest absolute Gasteiger partial charge is 0.453 e. The van der Waals surface area contributed by atoms with E-state index in [-0.39, 0.29) is 5.91 Å². The van der Waals surface area contributed by atoms with E-state index >= 15 is 0 Å². The summed E-state index contributed by atoms with van der Waals surface area (Å²) in [5, 5.41) is 0. The van der Waals surface area contributed by atoms with Gasteiger partial charge in [0.15, 0.2) is 11.5 Å². The van der Waals surface area contributed by atoms with Crippen molar-refractivity contribution in [3.05, 3.63) is 48.0 Å². The molecule has 3 heteroatoms. The quantitative estimate of drug-likeness (QED) is 0.700. The van der Waals surface area contributed by atoms with E-state index in [1.54, 1.807) is 11.8 Å². The molecule has 0 atom stereocenters. The summed E-state index contributed by atoms with van der Waals surface area (Å²) in [6.07, 6.45) is 0. The first-order valence-corrected chi connectivity index (χ1v) is 5.85. The van der Waals surface area contributed by atoms with Crippen LogP contribution in [0.15, 0.2) is 42.5 Å². The third kappa shape index (κ3) is 1.56. The van der Waals surface area contributed by atoms with Gasteiger partial charge < -0.3 is 4.74 Å². The number of fused-ring (bicyclic) bond motifs is 2. The van der Waals surface area contributed by atoms with Crippen molar-refractivity contribution in [1.29, 1.82) is 0 Å². The molecule has 3 nitrogen and oxygen atoms in total. The summed E-state index contributed by atoms with van der Waals surface area (Å²) < 4.78 is 5.84. The van der Waals surface area contributed by atoms with Gasteiger partial charge in [0.25, 0.3) is 0 Å². The van der Waals surface area contributed by atoms with E-state index in [1.807, 2.05) is 49.4 Å². The SMILES string of the molecule is CC(=O)N1c2ccccc2Oc2cc(C)ccc21. The molecule has 0 N–H and O–H groups in total. The predicted molar refractivity (Wildman–Crippen MR) is 70.5 cm³/mol. The van der Waals surface area contributed by atoms with Gasteiger partial charge in [-0.2, -0.15) is 0 Å². The van der Waals surface area contributed by atoms with Gasteiger partial charge in [-0.1, -0.05) is 18.2 Å². The van der Waals surface area contributed by atoms with Crippen molar-refractivity contribution in [1.82, 2.24) is 0 Å². The summed E-state index contributed by atoms with van der Waals surface area (Å²) in [6.45, 7) is 3.56. The Balaban J connectivity index is 2.23. The van der Waals surface area contributed by atoms with Gasteiger partial charge in [0.2, 0.25) is 5.91 Å². The number of anilines is 2. The minimum atomic E-state index is -0.0177. The molecule has 18 heavy (non-hydrogen) atoms. The van der Waals surface area contributed by atoms with Gasteiger partial charge in [0.05, 0.1) is 11.4 Å². The number of ether oxygens (including phenoxy) is 1. The number of rotatable bonds is 0. The molecular weight excluding hydrogens is 226 g/mol. The third-order valence-electron chi connectivity index (χ3n) is 3.00. The second kappa shape index (κ2) is 3.88. The fraction of sp³-hybridized carbons (Fsp3) is 0.133. The van der Waals surface area contributed by atoms with Gasteiger partial charge in [-0.25, -0.2) is 0 Å². The summed E-state index contributed by atoms with van der Waals surface area (Å²) >= 11 is 0. The fourth-order valence-corrected chi connectivity index (χ4v) is 2.20. The van der Waals surface area contributed by atoms with Crippen molar-refractivity contribution >= 4 is 17.3 Å². The normalized spacial score (nSPS) is 12.4. The lowest BCUT2D eigenvalue weighted by atomic mass is 10.1. The number of aryl methyl sites for hydroxylation is 1. The van der Waals surface area contributed by atoms with E-state index in [9.17, 15) is 4.79 Å². The van der Waals surface area contributed by atoms with Gasteiger partial charge in [0.1, 0.15) is 0 Å². The molecule has 2 aromatic rings. The van der Waals surface area contributed by atoms with Crippen LogP contribution in [-0.2, 0) is 4.79 Å². The van der Waals surface area contributed by atoms with Crippen LogP contribution in [0.1, 0.15) is 12.5 Å². The molecule has 0 saturated carbocycles. The van der Waals surface area contributed by atoms with Gasteiger partial charge in [0, 0.05) is 6.92 Å². The van der Waals surface area contributed by atoms with Gasteiger partial charge in [-0.05, 0) is 36.8 Å². The third-order valence-corrected chi connectivity index (χ3v) is 3.00. The lowest BCUT2D eigenvalue weighted by Crippen LogP contribution is -2.25. The van der Waals surface area contributed by atoms with E-state index in [2.05, 4.69) is 0 Å². The van der Waals surface area contributed by atoms with Crippen LogP contribution in [0.2, 0.25) is 0 Å². The van der Waals surface area contributed by atoms with Crippen molar-refractivity contribution < 1.29 is 9.53 Å². The van der Waals surface area contributed by atoms with Crippen LogP contribution in [-0.4, -0.2) is 5.91 Å². The number of carbonyl (C=O) groups excluding carboxylic acids is 1. The average molecular weight is 239 g/mol. The van der Waals surface area contributed by atoms with E-state index < -0.39 is 0 Å².